The van der Waals surface area contributed by atoms with Crippen LogP contribution in [-0.2, 0) is 17.6 Å². The van der Waals surface area contributed by atoms with Crippen LogP contribution in [-0.4, -0.2) is 22.4 Å². The fourth-order valence-electron chi connectivity index (χ4n) is 2.51. The van der Waals surface area contributed by atoms with Gasteiger partial charge in [-0.2, -0.15) is 0 Å². The number of aryl methyl sites for hydroxylation is 2. The van der Waals surface area contributed by atoms with Crippen molar-refractivity contribution in [3.8, 4) is 0 Å². The van der Waals surface area contributed by atoms with Gasteiger partial charge in [-0.15, -0.1) is 22.7 Å². The summed E-state index contributed by atoms with van der Waals surface area (Å²) in [6.45, 7) is 2.76. The Kier molecular flexibility index (Phi) is 5.17. The van der Waals surface area contributed by atoms with Crippen molar-refractivity contribution >= 4 is 33.7 Å². The molecule has 1 amide bonds. The average molecular weight is 336 g/mol. The number of rotatable bonds is 6. The zero-order chi connectivity index (χ0) is 15.4. The quantitative estimate of drug-likeness (QED) is 0.850. The number of fused-ring (bicyclic) bond motifs is 1. The Balaban J connectivity index is 1.45. The van der Waals surface area contributed by atoms with Crippen LogP contribution in [0.2, 0.25) is 0 Å². The summed E-state index contributed by atoms with van der Waals surface area (Å²) < 4.78 is 0. The molecule has 0 saturated carbocycles. The Morgan fingerprint density at radius 3 is 3.05 bits per heavy atom. The molecule has 2 aromatic heterocycles. The van der Waals surface area contributed by atoms with E-state index in [4.69, 9.17) is 4.98 Å². The van der Waals surface area contributed by atoms with E-state index >= 15 is 0 Å². The summed E-state index contributed by atoms with van der Waals surface area (Å²) in [5.74, 6) is -0.00640. The largest absolute Gasteiger partial charge is 0.308 e. The first-order valence-electron chi connectivity index (χ1n) is 7.63. The van der Waals surface area contributed by atoms with Gasteiger partial charge in [0.15, 0.2) is 5.13 Å². The molecule has 2 N–H and O–H groups in total. The molecule has 0 spiro atoms. The first-order chi connectivity index (χ1) is 10.7. The van der Waals surface area contributed by atoms with Gasteiger partial charge >= 0.3 is 0 Å². The number of carbonyl (C=O) groups excluding carboxylic acids is 1. The molecule has 22 heavy (non-hydrogen) atoms. The summed E-state index contributed by atoms with van der Waals surface area (Å²) in [5, 5.41) is 9.83. The third-order valence-corrected chi connectivity index (χ3v) is 5.74. The smallest absolute Gasteiger partial charge is 0.227 e. The SMILES string of the molecule is CC(NCCC(=O)Nc1nccs1)c1nc2c(s1)CCCC2. The van der Waals surface area contributed by atoms with Crippen molar-refractivity contribution in [2.75, 3.05) is 11.9 Å². The van der Waals surface area contributed by atoms with Crippen LogP contribution in [0.3, 0.4) is 0 Å². The molecule has 0 saturated heterocycles. The second-order valence-electron chi connectivity index (χ2n) is 5.44. The van der Waals surface area contributed by atoms with Gasteiger partial charge in [0.2, 0.25) is 5.91 Å². The number of hydrogen-bond donors (Lipinski definition) is 2. The Morgan fingerprint density at radius 1 is 1.41 bits per heavy atom. The zero-order valence-electron chi connectivity index (χ0n) is 12.6. The third-order valence-electron chi connectivity index (χ3n) is 3.71. The number of thiazole rings is 2. The molecular formula is C15H20N4OS2. The lowest BCUT2D eigenvalue weighted by atomic mass is 10.0. The molecule has 0 aromatic carbocycles. The van der Waals surface area contributed by atoms with Crippen molar-refractivity contribution < 1.29 is 4.79 Å². The number of nitrogens with zero attached hydrogens (tertiary/aromatic N) is 2. The van der Waals surface area contributed by atoms with Gasteiger partial charge in [-0.05, 0) is 32.6 Å². The molecule has 1 unspecified atom stereocenters. The van der Waals surface area contributed by atoms with Gasteiger partial charge in [-0.25, -0.2) is 9.97 Å². The van der Waals surface area contributed by atoms with E-state index < -0.39 is 0 Å². The van der Waals surface area contributed by atoms with Crippen LogP contribution in [0.4, 0.5) is 5.13 Å². The fraction of sp³-hybridized carbons (Fsp3) is 0.533. The number of anilines is 1. The highest BCUT2D eigenvalue weighted by Gasteiger charge is 2.18. The topological polar surface area (TPSA) is 66.9 Å². The zero-order valence-corrected chi connectivity index (χ0v) is 14.2. The van der Waals surface area contributed by atoms with Crippen LogP contribution in [0.1, 0.15) is 47.8 Å². The van der Waals surface area contributed by atoms with Crippen molar-refractivity contribution in [1.29, 1.82) is 0 Å². The summed E-state index contributed by atoms with van der Waals surface area (Å²) in [4.78, 5) is 22.0. The Labute approximate surface area is 138 Å². The van der Waals surface area contributed by atoms with Crippen molar-refractivity contribution in [3.63, 3.8) is 0 Å². The lowest BCUT2D eigenvalue weighted by Gasteiger charge is -2.10. The molecular weight excluding hydrogens is 316 g/mol. The summed E-state index contributed by atoms with van der Waals surface area (Å²) in [6.07, 6.45) is 6.97. The van der Waals surface area contributed by atoms with E-state index in [1.54, 1.807) is 6.20 Å². The predicted octanol–water partition coefficient (Wildman–Crippen LogP) is 3.16. The number of amides is 1. The van der Waals surface area contributed by atoms with E-state index in [2.05, 4.69) is 22.5 Å². The van der Waals surface area contributed by atoms with Gasteiger partial charge < -0.3 is 10.6 Å². The molecule has 1 aliphatic rings. The highest BCUT2D eigenvalue weighted by Crippen LogP contribution is 2.29. The third kappa shape index (κ3) is 3.91. The summed E-state index contributed by atoms with van der Waals surface area (Å²) in [5.41, 5.74) is 1.29. The van der Waals surface area contributed by atoms with E-state index in [0.29, 0.717) is 18.1 Å². The second kappa shape index (κ2) is 7.30. The van der Waals surface area contributed by atoms with Gasteiger partial charge in [0.1, 0.15) is 5.01 Å². The normalized spacial score (nSPS) is 15.3. The monoisotopic (exact) mass is 336 g/mol. The summed E-state index contributed by atoms with van der Waals surface area (Å²) in [7, 11) is 0. The van der Waals surface area contributed by atoms with Gasteiger partial charge in [0.05, 0.1) is 11.7 Å². The van der Waals surface area contributed by atoms with Gasteiger partial charge in [-0.1, -0.05) is 0 Å². The highest BCUT2D eigenvalue weighted by molar-refractivity contribution is 7.13. The number of hydrogen-bond acceptors (Lipinski definition) is 6. The number of aromatic nitrogens is 2. The molecule has 5 nitrogen and oxygen atoms in total. The average Bonchev–Trinajstić information content (AvgIpc) is 3.15. The van der Waals surface area contributed by atoms with Gasteiger partial charge in [0.25, 0.3) is 0 Å². The Hall–Kier alpha value is -1.31. The van der Waals surface area contributed by atoms with E-state index in [1.807, 2.05) is 16.7 Å². The molecule has 2 heterocycles. The standard InChI is InChI=1S/C15H20N4OS2/c1-10(14-18-11-4-2-3-5-12(11)22-14)16-7-6-13(20)19-15-17-8-9-21-15/h8-10,16H,2-7H2,1H3,(H,17,19,20). The molecule has 7 heteroatoms. The van der Waals surface area contributed by atoms with Crippen molar-refractivity contribution in [3.05, 3.63) is 27.2 Å². The first kappa shape index (κ1) is 15.6. The molecule has 0 bridgehead atoms. The molecule has 118 valence electrons. The molecule has 0 aliphatic heterocycles. The maximum atomic E-state index is 11.8. The van der Waals surface area contributed by atoms with Crippen molar-refractivity contribution in [2.24, 2.45) is 0 Å². The molecule has 1 aliphatic carbocycles. The fourth-order valence-corrected chi connectivity index (χ4v) is 4.24. The minimum absolute atomic E-state index is 0.00640. The predicted molar refractivity (Wildman–Crippen MR) is 90.5 cm³/mol. The van der Waals surface area contributed by atoms with Gasteiger partial charge in [0, 0.05) is 29.4 Å². The lowest BCUT2D eigenvalue weighted by Crippen LogP contribution is -2.24. The maximum Gasteiger partial charge on any atom is 0.227 e. The summed E-state index contributed by atoms with van der Waals surface area (Å²) >= 11 is 3.25. The lowest BCUT2D eigenvalue weighted by molar-refractivity contribution is -0.116. The molecule has 2 aromatic rings. The Bertz CT molecular complexity index is 600. The molecule has 0 radical (unpaired) electrons. The molecule has 1 atom stereocenters. The number of carbonyl (C=O) groups is 1. The minimum Gasteiger partial charge on any atom is -0.308 e. The number of nitrogens with one attached hydrogen (secondary N) is 2. The van der Waals surface area contributed by atoms with Crippen LogP contribution in [0.5, 0.6) is 0 Å². The van der Waals surface area contributed by atoms with E-state index in [0.717, 1.165) is 11.4 Å². The summed E-state index contributed by atoms with van der Waals surface area (Å²) in [6, 6.07) is 0.197. The second-order valence-corrected chi connectivity index (χ2v) is 7.45. The minimum atomic E-state index is -0.00640. The maximum absolute atomic E-state index is 11.8. The van der Waals surface area contributed by atoms with E-state index in [9.17, 15) is 4.79 Å². The highest BCUT2D eigenvalue weighted by atomic mass is 32.1. The van der Waals surface area contributed by atoms with Crippen LogP contribution in [0.15, 0.2) is 11.6 Å². The molecule has 3 rings (SSSR count). The van der Waals surface area contributed by atoms with Crippen molar-refractivity contribution in [2.45, 2.75) is 45.1 Å². The van der Waals surface area contributed by atoms with E-state index in [-0.39, 0.29) is 11.9 Å². The van der Waals surface area contributed by atoms with Gasteiger partial charge in [-0.3, -0.25) is 4.79 Å². The van der Waals surface area contributed by atoms with Crippen LogP contribution in [0.25, 0.3) is 0 Å². The Morgan fingerprint density at radius 2 is 2.27 bits per heavy atom. The van der Waals surface area contributed by atoms with Crippen molar-refractivity contribution in [1.82, 2.24) is 15.3 Å². The van der Waals surface area contributed by atoms with Crippen LogP contribution in [0, 0.1) is 0 Å². The first-order valence-corrected chi connectivity index (χ1v) is 9.33. The molecule has 0 fully saturated rings. The van der Waals surface area contributed by atoms with E-state index in [1.165, 1.54) is 41.2 Å². The van der Waals surface area contributed by atoms with Crippen LogP contribution < -0.4 is 10.6 Å². The van der Waals surface area contributed by atoms with Crippen LogP contribution >= 0.6 is 22.7 Å².